The summed E-state index contributed by atoms with van der Waals surface area (Å²) in [5.74, 6) is 2.16. The fourth-order valence-corrected chi connectivity index (χ4v) is 3.86. The van der Waals surface area contributed by atoms with E-state index < -0.39 is 0 Å². The molecule has 2 saturated heterocycles. The molecule has 2 unspecified atom stereocenters. The second-order valence-electron chi connectivity index (χ2n) is 6.36. The third-order valence-electron chi connectivity index (χ3n) is 4.85. The maximum Gasteiger partial charge on any atom is 0.272 e. The molecule has 0 saturated carbocycles. The predicted octanol–water partition coefficient (Wildman–Crippen LogP) is 1.79. The van der Waals surface area contributed by atoms with Gasteiger partial charge in [-0.3, -0.25) is 4.79 Å². The zero-order valence-electron chi connectivity index (χ0n) is 12.9. The van der Waals surface area contributed by atoms with Gasteiger partial charge in [0.1, 0.15) is 11.5 Å². The molecule has 2 aliphatic heterocycles. The monoisotopic (exact) mass is 375 g/mol. The highest BCUT2D eigenvalue weighted by Gasteiger charge is 2.42. The summed E-state index contributed by atoms with van der Waals surface area (Å²) >= 11 is 3.42. The highest BCUT2D eigenvalue weighted by molar-refractivity contribution is 9.10. The molecular formula is C16H18BrN5O. The molecule has 0 bridgehead atoms. The minimum Gasteiger partial charge on any atom is -0.356 e. The van der Waals surface area contributed by atoms with Crippen LogP contribution in [0.4, 0.5) is 5.82 Å². The molecule has 2 aliphatic rings. The van der Waals surface area contributed by atoms with Crippen molar-refractivity contribution in [3.05, 3.63) is 41.0 Å². The second-order valence-corrected chi connectivity index (χ2v) is 7.28. The molecule has 0 N–H and O–H groups in total. The molecule has 0 spiro atoms. The average molecular weight is 376 g/mol. The molecule has 6 nitrogen and oxygen atoms in total. The zero-order chi connectivity index (χ0) is 16.0. The number of hydrogen-bond donors (Lipinski definition) is 0. The van der Waals surface area contributed by atoms with Crippen LogP contribution in [0.25, 0.3) is 0 Å². The van der Waals surface area contributed by atoms with E-state index in [9.17, 15) is 4.79 Å². The first-order chi connectivity index (χ1) is 11.1. The number of carbonyl (C=O) groups excluding carboxylic acids is 1. The Kier molecular flexibility index (Phi) is 3.60. The summed E-state index contributed by atoms with van der Waals surface area (Å²) in [5.41, 5.74) is 0.663. The Morgan fingerprint density at radius 2 is 1.91 bits per heavy atom. The number of amides is 1. The lowest BCUT2D eigenvalue weighted by molar-refractivity contribution is 0.0773. The Bertz CT molecular complexity index is 714. The minimum absolute atomic E-state index is 0.0905. The summed E-state index contributed by atoms with van der Waals surface area (Å²) in [6.07, 6.45) is 5.15. The number of rotatable bonds is 2. The Labute approximate surface area is 143 Å². The lowest BCUT2D eigenvalue weighted by atomic mass is 10.0. The third-order valence-corrected chi connectivity index (χ3v) is 5.31. The van der Waals surface area contributed by atoms with Gasteiger partial charge >= 0.3 is 0 Å². The molecule has 0 aliphatic carbocycles. The van der Waals surface area contributed by atoms with E-state index in [-0.39, 0.29) is 5.91 Å². The van der Waals surface area contributed by atoms with E-state index in [1.165, 1.54) is 0 Å². The van der Waals surface area contributed by atoms with Crippen molar-refractivity contribution in [2.45, 2.75) is 0 Å². The van der Waals surface area contributed by atoms with Gasteiger partial charge in [0.2, 0.25) is 0 Å². The molecule has 1 amide bonds. The molecule has 0 radical (unpaired) electrons. The summed E-state index contributed by atoms with van der Waals surface area (Å²) in [7, 11) is 1.86. The number of aromatic nitrogens is 3. The molecule has 2 atom stereocenters. The fraction of sp³-hybridized carbons (Fsp3) is 0.438. The van der Waals surface area contributed by atoms with Crippen molar-refractivity contribution < 1.29 is 4.79 Å². The van der Waals surface area contributed by atoms with Crippen LogP contribution in [0, 0.1) is 11.8 Å². The van der Waals surface area contributed by atoms with Crippen LogP contribution in [-0.4, -0.2) is 51.5 Å². The standard InChI is InChI=1S/C16H18BrN5O/c1-20-10-18-5-14(20)16(23)22-8-11-6-21(7-12(11)9-22)15-3-2-13(17)4-19-15/h2-5,10-12H,6-9H2,1H3. The van der Waals surface area contributed by atoms with E-state index in [1.54, 1.807) is 17.1 Å². The summed E-state index contributed by atoms with van der Waals surface area (Å²) in [4.78, 5) is 25.4. The Balaban J connectivity index is 1.43. The third kappa shape index (κ3) is 2.63. The molecule has 0 aromatic carbocycles. The Morgan fingerprint density at radius 1 is 1.17 bits per heavy atom. The quantitative estimate of drug-likeness (QED) is 0.802. The molecule has 23 heavy (non-hydrogen) atoms. The molecule has 7 heteroatoms. The number of anilines is 1. The van der Waals surface area contributed by atoms with Gasteiger partial charge < -0.3 is 14.4 Å². The predicted molar refractivity (Wildman–Crippen MR) is 90.2 cm³/mol. The zero-order valence-corrected chi connectivity index (χ0v) is 14.5. The van der Waals surface area contributed by atoms with Crippen LogP contribution in [0.2, 0.25) is 0 Å². The summed E-state index contributed by atoms with van der Waals surface area (Å²) in [5, 5.41) is 0. The topological polar surface area (TPSA) is 54.3 Å². The normalized spacial score (nSPS) is 23.4. The smallest absolute Gasteiger partial charge is 0.272 e. The maximum absolute atomic E-state index is 12.6. The second kappa shape index (κ2) is 5.63. The van der Waals surface area contributed by atoms with Crippen LogP contribution >= 0.6 is 15.9 Å². The van der Waals surface area contributed by atoms with Gasteiger partial charge in [-0.25, -0.2) is 9.97 Å². The summed E-state index contributed by atoms with van der Waals surface area (Å²) < 4.78 is 2.78. The number of carbonyl (C=O) groups is 1. The molecular weight excluding hydrogens is 358 g/mol. The Morgan fingerprint density at radius 3 is 2.48 bits per heavy atom. The molecule has 4 heterocycles. The SMILES string of the molecule is Cn1cncc1C(=O)N1CC2CN(c3ccc(Br)cn3)CC2C1. The van der Waals surface area contributed by atoms with E-state index >= 15 is 0 Å². The van der Waals surface area contributed by atoms with Crippen LogP contribution in [-0.2, 0) is 7.05 Å². The van der Waals surface area contributed by atoms with E-state index in [2.05, 4.69) is 30.8 Å². The van der Waals surface area contributed by atoms with Gasteiger partial charge in [0, 0.05) is 55.7 Å². The van der Waals surface area contributed by atoms with Gasteiger partial charge in [-0.2, -0.15) is 0 Å². The number of likely N-dealkylation sites (tertiary alicyclic amines) is 1. The average Bonchev–Trinajstić information content (AvgIpc) is 3.21. The van der Waals surface area contributed by atoms with Crippen molar-refractivity contribution in [2.75, 3.05) is 31.1 Å². The number of halogens is 1. The van der Waals surface area contributed by atoms with Crippen molar-refractivity contribution >= 4 is 27.7 Å². The number of aryl methyl sites for hydroxylation is 1. The lowest BCUT2D eigenvalue weighted by Gasteiger charge is -2.22. The largest absolute Gasteiger partial charge is 0.356 e. The van der Waals surface area contributed by atoms with Gasteiger partial charge in [0.25, 0.3) is 5.91 Å². The van der Waals surface area contributed by atoms with Crippen LogP contribution in [0.3, 0.4) is 0 Å². The highest BCUT2D eigenvalue weighted by atomic mass is 79.9. The maximum atomic E-state index is 12.6. The first-order valence-corrected chi connectivity index (χ1v) is 8.53. The van der Waals surface area contributed by atoms with Gasteiger partial charge in [0.15, 0.2) is 0 Å². The van der Waals surface area contributed by atoms with Gasteiger partial charge in [-0.05, 0) is 28.1 Å². The molecule has 2 aromatic rings. The number of fused-ring (bicyclic) bond motifs is 1. The van der Waals surface area contributed by atoms with Gasteiger partial charge in [-0.15, -0.1) is 0 Å². The number of pyridine rings is 1. The van der Waals surface area contributed by atoms with Crippen molar-refractivity contribution in [2.24, 2.45) is 18.9 Å². The van der Waals surface area contributed by atoms with E-state index in [1.807, 2.05) is 30.3 Å². The molecule has 2 fully saturated rings. The number of hydrogen-bond acceptors (Lipinski definition) is 4. The highest BCUT2D eigenvalue weighted by Crippen LogP contribution is 2.34. The van der Waals surface area contributed by atoms with Crippen LogP contribution in [0.1, 0.15) is 10.5 Å². The van der Waals surface area contributed by atoms with Crippen LogP contribution < -0.4 is 4.90 Å². The molecule has 2 aromatic heterocycles. The summed E-state index contributed by atoms with van der Waals surface area (Å²) in [6, 6.07) is 4.07. The molecule has 4 rings (SSSR count). The van der Waals surface area contributed by atoms with Crippen molar-refractivity contribution in [1.82, 2.24) is 19.4 Å². The Hall–Kier alpha value is -1.89. The minimum atomic E-state index is 0.0905. The van der Waals surface area contributed by atoms with E-state index in [0.717, 1.165) is 36.5 Å². The van der Waals surface area contributed by atoms with E-state index in [0.29, 0.717) is 17.5 Å². The van der Waals surface area contributed by atoms with Crippen molar-refractivity contribution in [3.8, 4) is 0 Å². The first-order valence-electron chi connectivity index (χ1n) is 7.74. The van der Waals surface area contributed by atoms with Crippen molar-refractivity contribution in [3.63, 3.8) is 0 Å². The van der Waals surface area contributed by atoms with Gasteiger partial charge in [0.05, 0.1) is 12.5 Å². The van der Waals surface area contributed by atoms with Crippen LogP contribution in [0.5, 0.6) is 0 Å². The van der Waals surface area contributed by atoms with Gasteiger partial charge in [-0.1, -0.05) is 0 Å². The summed E-state index contributed by atoms with van der Waals surface area (Å²) in [6.45, 7) is 3.58. The fourth-order valence-electron chi connectivity index (χ4n) is 3.63. The van der Waals surface area contributed by atoms with Crippen molar-refractivity contribution in [1.29, 1.82) is 0 Å². The van der Waals surface area contributed by atoms with E-state index in [4.69, 9.17) is 0 Å². The number of imidazole rings is 1. The first kappa shape index (κ1) is 14.7. The molecule has 120 valence electrons. The lowest BCUT2D eigenvalue weighted by Crippen LogP contribution is -2.34. The number of nitrogens with zero attached hydrogens (tertiary/aromatic N) is 5. The van der Waals surface area contributed by atoms with Crippen LogP contribution in [0.15, 0.2) is 35.3 Å².